The molecule has 2 amide bonds. The minimum Gasteiger partial charge on any atom is -0.497 e. The second-order valence-corrected chi connectivity index (χ2v) is 8.33. The first-order valence-corrected chi connectivity index (χ1v) is 10.4. The smallest absolute Gasteiger partial charge is 0.324 e. The van der Waals surface area contributed by atoms with Gasteiger partial charge in [-0.25, -0.2) is 4.79 Å². The first-order valence-electron chi connectivity index (χ1n) is 10.4. The molecule has 1 aliphatic heterocycles. The van der Waals surface area contributed by atoms with Crippen LogP contribution in [0.5, 0.6) is 11.5 Å². The Morgan fingerprint density at radius 3 is 2.34 bits per heavy atom. The average molecular weight is 445 g/mol. The number of amides is 2. The van der Waals surface area contributed by atoms with Crippen LogP contribution in [0.1, 0.15) is 20.8 Å². The normalized spacial score (nSPS) is 21.3. The second-order valence-electron chi connectivity index (χ2n) is 8.33. The molecule has 2 heterocycles. The topological polar surface area (TPSA) is 96.4 Å². The number of hydrogen-bond donors (Lipinski definition) is 2. The van der Waals surface area contributed by atoms with Crippen molar-refractivity contribution in [3.63, 3.8) is 0 Å². The first kappa shape index (κ1) is 23.6. The molecule has 9 nitrogen and oxygen atoms in total. The van der Waals surface area contributed by atoms with Gasteiger partial charge in [0.15, 0.2) is 6.23 Å². The number of nitrogens with one attached hydrogen (secondary N) is 1. The van der Waals surface area contributed by atoms with Gasteiger partial charge < -0.3 is 29.5 Å². The molecule has 3 rings (SSSR count). The molecule has 0 spiro atoms. The van der Waals surface area contributed by atoms with Crippen LogP contribution in [-0.4, -0.2) is 72.8 Å². The van der Waals surface area contributed by atoms with Crippen LogP contribution < -0.4 is 19.7 Å². The zero-order chi connectivity index (χ0) is 23.5. The second kappa shape index (κ2) is 9.62. The summed E-state index contributed by atoms with van der Waals surface area (Å²) >= 11 is 0. The van der Waals surface area contributed by atoms with Crippen molar-refractivity contribution in [1.82, 2.24) is 9.88 Å². The number of aromatic nitrogens is 1. The number of pyridine rings is 1. The molecule has 2 aromatic rings. The zero-order valence-corrected chi connectivity index (χ0v) is 19.4. The van der Waals surface area contributed by atoms with Crippen LogP contribution in [0.15, 0.2) is 42.7 Å². The van der Waals surface area contributed by atoms with Crippen LogP contribution in [0, 0.1) is 0 Å². The largest absolute Gasteiger partial charge is 0.497 e. The number of carbonyl (C=O) groups excluding carboxylic acids is 1. The van der Waals surface area contributed by atoms with Crippen LogP contribution in [-0.2, 0) is 4.74 Å². The highest BCUT2D eigenvalue weighted by Gasteiger charge is 2.48. The van der Waals surface area contributed by atoms with Gasteiger partial charge in [-0.1, -0.05) is 0 Å². The minimum atomic E-state index is -1.14. The third-order valence-electron chi connectivity index (χ3n) is 5.71. The molecular weight excluding hydrogens is 412 g/mol. The van der Waals surface area contributed by atoms with Crippen molar-refractivity contribution in [2.75, 3.05) is 38.1 Å². The molecule has 0 bridgehead atoms. The summed E-state index contributed by atoms with van der Waals surface area (Å²) in [5.41, 5.74) is 0.246. The number of benzene rings is 1. The van der Waals surface area contributed by atoms with Gasteiger partial charge in [0.05, 0.1) is 50.3 Å². The fourth-order valence-corrected chi connectivity index (χ4v) is 4.37. The number of ether oxygens (including phenoxy) is 3. The van der Waals surface area contributed by atoms with E-state index in [1.165, 1.54) is 0 Å². The maximum absolute atomic E-state index is 13.2. The van der Waals surface area contributed by atoms with Crippen LogP contribution in [0.2, 0.25) is 0 Å². The van der Waals surface area contributed by atoms with Crippen LogP contribution in [0.3, 0.4) is 0 Å². The molecule has 2 N–H and O–H groups in total. The molecule has 0 aliphatic carbocycles. The Labute approximate surface area is 188 Å². The molecule has 174 valence electrons. The van der Waals surface area contributed by atoms with Gasteiger partial charge in [0.1, 0.15) is 11.5 Å². The van der Waals surface area contributed by atoms with Crippen molar-refractivity contribution in [3.8, 4) is 11.5 Å². The first-order chi connectivity index (χ1) is 15.2. The summed E-state index contributed by atoms with van der Waals surface area (Å²) in [6.45, 7) is 5.72. The number of anilines is 2. The third-order valence-corrected chi connectivity index (χ3v) is 5.71. The fourth-order valence-electron chi connectivity index (χ4n) is 4.37. The quantitative estimate of drug-likeness (QED) is 0.707. The van der Waals surface area contributed by atoms with Crippen molar-refractivity contribution in [2.24, 2.45) is 0 Å². The monoisotopic (exact) mass is 444 g/mol. The lowest BCUT2D eigenvalue weighted by molar-refractivity contribution is -0.0725. The number of piperazine rings is 1. The van der Waals surface area contributed by atoms with E-state index in [0.717, 1.165) is 5.69 Å². The molecular formula is C23H32N4O5. The molecule has 32 heavy (non-hydrogen) atoms. The van der Waals surface area contributed by atoms with Gasteiger partial charge in [0, 0.05) is 37.2 Å². The van der Waals surface area contributed by atoms with E-state index in [2.05, 4.69) is 10.3 Å². The maximum atomic E-state index is 13.2. The zero-order valence-electron chi connectivity index (χ0n) is 19.4. The number of urea groups is 1. The van der Waals surface area contributed by atoms with E-state index in [9.17, 15) is 9.90 Å². The Balaban J connectivity index is 1.99. The van der Waals surface area contributed by atoms with Gasteiger partial charge in [-0.05, 0) is 32.9 Å². The van der Waals surface area contributed by atoms with Crippen molar-refractivity contribution in [1.29, 1.82) is 0 Å². The summed E-state index contributed by atoms with van der Waals surface area (Å²) in [6.07, 6.45) is 2.66. The predicted octanol–water partition coefficient (Wildman–Crippen LogP) is 2.95. The van der Waals surface area contributed by atoms with Crippen molar-refractivity contribution < 1.29 is 24.1 Å². The highest BCUT2D eigenvalue weighted by Crippen LogP contribution is 2.37. The van der Waals surface area contributed by atoms with Gasteiger partial charge >= 0.3 is 6.03 Å². The van der Waals surface area contributed by atoms with Crippen molar-refractivity contribution in [3.05, 3.63) is 42.7 Å². The molecule has 0 saturated carbocycles. The fraction of sp³-hybridized carbons (Fsp3) is 0.478. The molecule has 0 radical (unpaired) electrons. The van der Waals surface area contributed by atoms with Crippen molar-refractivity contribution in [2.45, 2.75) is 44.7 Å². The van der Waals surface area contributed by atoms with E-state index >= 15 is 0 Å². The average Bonchev–Trinajstić information content (AvgIpc) is 2.77. The predicted molar refractivity (Wildman–Crippen MR) is 122 cm³/mol. The van der Waals surface area contributed by atoms with Gasteiger partial charge in [-0.2, -0.15) is 0 Å². The third kappa shape index (κ3) is 4.89. The number of carbonyl (C=O) groups is 1. The molecule has 1 fully saturated rings. The molecule has 1 aromatic carbocycles. The molecule has 9 heteroatoms. The molecule has 3 atom stereocenters. The lowest BCUT2D eigenvalue weighted by atomic mass is 9.87. The van der Waals surface area contributed by atoms with E-state index < -0.39 is 23.9 Å². The van der Waals surface area contributed by atoms with Crippen LogP contribution in [0.4, 0.5) is 16.2 Å². The van der Waals surface area contributed by atoms with E-state index in [1.807, 2.05) is 24.0 Å². The SMILES string of the molecule is COc1cc(OC)cc(N2CC(OC)N(C(=O)Nc3cccnc3)C(C)C2C(C)(C)O)c1. The number of methoxy groups -OCH3 is 3. The van der Waals surface area contributed by atoms with Gasteiger partial charge in [0.2, 0.25) is 0 Å². The lowest BCUT2D eigenvalue weighted by Crippen LogP contribution is -2.70. The summed E-state index contributed by atoms with van der Waals surface area (Å²) in [7, 11) is 4.75. The van der Waals surface area contributed by atoms with Gasteiger partial charge in [0.25, 0.3) is 0 Å². The lowest BCUT2D eigenvalue weighted by Gasteiger charge is -2.54. The molecule has 3 unspecified atom stereocenters. The number of aliphatic hydroxyl groups is 1. The molecule has 1 aromatic heterocycles. The molecule has 1 saturated heterocycles. The van der Waals surface area contributed by atoms with Crippen LogP contribution in [0.25, 0.3) is 0 Å². The summed E-state index contributed by atoms with van der Waals surface area (Å²) < 4.78 is 16.6. The van der Waals surface area contributed by atoms with E-state index in [0.29, 0.717) is 23.7 Å². The Morgan fingerprint density at radius 1 is 1.19 bits per heavy atom. The summed E-state index contributed by atoms with van der Waals surface area (Å²) in [5.74, 6) is 1.26. The summed E-state index contributed by atoms with van der Waals surface area (Å²) in [4.78, 5) is 20.9. The summed E-state index contributed by atoms with van der Waals surface area (Å²) in [5, 5.41) is 14.0. The Kier molecular flexibility index (Phi) is 7.10. The van der Waals surface area contributed by atoms with E-state index in [4.69, 9.17) is 14.2 Å². The Morgan fingerprint density at radius 2 is 1.84 bits per heavy atom. The summed E-state index contributed by atoms with van der Waals surface area (Å²) in [6, 6.07) is 7.90. The highest BCUT2D eigenvalue weighted by atomic mass is 16.5. The Hall–Kier alpha value is -3.04. The minimum absolute atomic E-state index is 0.325. The number of rotatable bonds is 6. The standard InChI is InChI=1S/C23H32N4O5/c1-15-21(23(2,3)29)26(17-10-18(30-4)12-19(11-17)31-5)14-20(32-6)27(15)22(28)25-16-8-7-9-24-13-16/h7-13,15,20-21,29H,14H2,1-6H3,(H,25,28). The number of nitrogens with zero attached hydrogens (tertiary/aromatic N) is 3. The number of hydrogen-bond acceptors (Lipinski definition) is 7. The Bertz CT molecular complexity index is 896. The van der Waals surface area contributed by atoms with E-state index in [-0.39, 0.29) is 6.03 Å². The van der Waals surface area contributed by atoms with Gasteiger partial charge in [-0.15, -0.1) is 0 Å². The van der Waals surface area contributed by atoms with Crippen molar-refractivity contribution >= 4 is 17.4 Å². The maximum Gasteiger partial charge on any atom is 0.324 e. The van der Waals surface area contributed by atoms with E-state index in [1.54, 1.807) is 70.7 Å². The van der Waals surface area contributed by atoms with Gasteiger partial charge in [-0.3, -0.25) is 9.88 Å². The highest BCUT2D eigenvalue weighted by molar-refractivity contribution is 5.89. The molecule has 1 aliphatic rings. The van der Waals surface area contributed by atoms with Crippen LogP contribution >= 0.6 is 0 Å².